The Balaban J connectivity index is 1.41. The summed E-state index contributed by atoms with van der Waals surface area (Å²) in [5.41, 5.74) is 2.39. The first-order chi connectivity index (χ1) is 14.1. The van der Waals surface area contributed by atoms with Crippen molar-refractivity contribution >= 4 is 29.3 Å². The summed E-state index contributed by atoms with van der Waals surface area (Å²) >= 11 is 1.52. The average Bonchev–Trinajstić information content (AvgIpc) is 3.23. The van der Waals surface area contributed by atoms with Crippen molar-refractivity contribution in [2.24, 2.45) is 0 Å². The fraction of sp³-hybridized carbons (Fsp3) is 0.364. The van der Waals surface area contributed by atoms with Gasteiger partial charge in [-0.1, -0.05) is 6.07 Å². The number of nitrogens with one attached hydrogen (secondary N) is 1. The molecule has 2 atom stereocenters. The molecule has 1 fully saturated rings. The van der Waals surface area contributed by atoms with Crippen LogP contribution in [-0.4, -0.2) is 41.7 Å². The maximum absolute atomic E-state index is 13.3. The predicted molar refractivity (Wildman–Crippen MR) is 111 cm³/mol. The zero-order valence-electron chi connectivity index (χ0n) is 16.1. The number of anilines is 1. The molecule has 7 heteroatoms. The SMILES string of the molecule is CC1Sc2ccc(C(=O)N3CCCC3c3ccc4c(c3)OCCO4)cc2NC1=O. The lowest BCUT2D eigenvalue weighted by atomic mass is 10.0. The summed E-state index contributed by atoms with van der Waals surface area (Å²) in [7, 11) is 0. The highest BCUT2D eigenvalue weighted by Crippen LogP contribution is 2.40. The Hall–Kier alpha value is -2.67. The number of carbonyl (C=O) groups is 2. The molecular formula is C22H22N2O4S. The van der Waals surface area contributed by atoms with E-state index in [4.69, 9.17) is 9.47 Å². The molecule has 150 valence electrons. The molecule has 6 nitrogen and oxygen atoms in total. The molecule has 0 aromatic heterocycles. The van der Waals surface area contributed by atoms with Crippen LogP contribution in [0.25, 0.3) is 0 Å². The molecule has 1 N–H and O–H groups in total. The van der Waals surface area contributed by atoms with E-state index in [1.54, 1.807) is 6.07 Å². The van der Waals surface area contributed by atoms with E-state index in [9.17, 15) is 9.59 Å². The number of hydrogen-bond donors (Lipinski definition) is 1. The molecular weight excluding hydrogens is 388 g/mol. The Kier molecular flexibility index (Phi) is 4.62. The Morgan fingerprint density at radius 1 is 1.14 bits per heavy atom. The fourth-order valence-electron chi connectivity index (χ4n) is 4.13. The smallest absolute Gasteiger partial charge is 0.254 e. The summed E-state index contributed by atoms with van der Waals surface area (Å²) in [6.07, 6.45) is 1.88. The number of fused-ring (bicyclic) bond motifs is 2. The second-order valence-corrected chi connectivity index (χ2v) is 8.90. The van der Waals surface area contributed by atoms with Crippen molar-refractivity contribution in [2.45, 2.75) is 36.0 Å². The fourth-order valence-corrected chi connectivity index (χ4v) is 5.06. The second-order valence-electron chi connectivity index (χ2n) is 7.52. The lowest BCUT2D eigenvalue weighted by molar-refractivity contribution is -0.115. The molecule has 1 saturated heterocycles. The predicted octanol–water partition coefficient (Wildman–Crippen LogP) is 3.87. The maximum Gasteiger partial charge on any atom is 0.254 e. The Morgan fingerprint density at radius 2 is 1.97 bits per heavy atom. The van der Waals surface area contributed by atoms with Crippen LogP contribution in [-0.2, 0) is 4.79 Å². The number of benzene rings is 2. The van der Waals surface area contributed by atoms with Gasteiger partial charge in [-0.2, -0.15) is 0 Å². The van der Waals surface area contributed by atoms with Gasteiger partial charge >= 0.3 is 0 Å². The lowest BCUT2D eigenvalue weighted by Gasteiger charge is -2.27. The number of rotatable bonds is 2. The summed E-state index contributed by atoms with van der Waals surface area (Å²) in [5.74, 6) is 1.47. The van der Waals surface area contributed by atoms with Crippen LogP contribution >= 0.6 is 11.8 Å². The topological polar surface area (TPSA) is 67.9 Å². The minimum absolute atomic E-state index is 0.0111. The van der Waals surface area contributed by atoms with Crippen LogP contribution < -0.4 is 14.8 Å². The number of likely N-dealkylation sites (tertiary alicyclic amines) is 1. The standard InChI is InChI=1S/C22H22N2O4S/c1-13-21(25)23-16-11-15(5-7-20(16)29-13)22(26)24-8-2-3-17(24)14-4-6-18-19(12-14)28-10-9-27-18/h4-7,11-13,17H,2-3,8-10H2,1H3,(H,23,25). The molecule has 3 aliphatic heterocycles. The first-order valence-electron chi connectivity index (χ1n) is 9.92. The van der Waals surface area contributed by atoms with Crippen molar-refractivity contribution in [1.82, 2.24) is 4.90 Å². The molecule has 0 saturated carbocycles. The van der Waals surface area contributed by atoms with Crippen molar-refractivity contribution in [3.05, 3.63) is 47.5 Å². The van der Waals surface area contributed by atoms with Gasteiger partial charge in [0.15, 0.2) is 11.5 Å². The molecule has 2 aromatic rings. The molecule has 5 rings (SSSR count). The summed E-state index contributed by atoms with van der Waals surface area (Å²) in [5, 5.41) is 2.79. The van der Waals surface area contributed by atoms with E-state index in [2.05, 4.69) is 5.32 Å². The average molecular weight is 410 g/mol. The van der Waals surface area contributed by atoms with Gasteiger partial charge < -0.3 is 19.7 Å². The van der Waals surface area contributed by atoms with E-state index in [1.807, 2.05) is 42.2 Å². The third kappa shape index (κ3) is 3.33. The van der Waals surface area contributed by atoms with Gasteiger partial charge in [-0.05, 0) is 55.7 Å². The number of amides is 2. The van der Waals surface area contributed by atoms with Crippen LogP contribution in [0, 0.1) is 0 Å². The molecule has 2 unspecified atom stereocenters. The molecule has 2 amide bonds. The summed E-state index contributed by atoms with van der Waals surface area (Å²) in [6.45, 7) is 3.70. The molecule has 0 radical (unpaired) electrons. The normalized spacial score (nSPS) is 22.8. The van der Waals surface area contributed by atoms with Crippen molar-refractivity contribution in [3.63, 3.8) is 0 Å². The third-order valence-electron chi connectivity index (χ3n) is 5.62. The van der Waals surface area contributed by atoms with Crippen LogP contribution in [0.1, 0.15) is 41.7 Å². The van der Waals surface area contributed by atoms with Gasteiger partial charge in [0.25, 0.3) is 5.91 Å². The van der Waals surface area contributed by atoms with Crippen LogP contribution in [0.5, 0.6) is 11.5 Å². The first kappa shape index (κ1) is 18.4. The van der Waals surface area contributed by atoms with Gasteiger partial charge in [-0.25, -0.2) is 0 Å². The highest BCUT2D eigenvalue weighted by Gasteiger charge is 2.32. The molecule has 29 heavy (non-hydrogen) atoms. The van der Waals surface area contributed by atoms with Gasteiger partial charge in [0.2, 0.25) is 5.91 Å². The van der Waals surface area contributed by atoms with E-state index >= 15 is 0 Å². The van der Waals surface area contributed by atoms with Gasteiger partial charge in [-0.15, -0.1) is 11.8 Å². The van der Waals surface area contributed by atoms with E-state index in [0.29, 0.717) is 25.3 Å². The quantitative estimate of drug-likeness (QED) is 0.814. The summed E-state index contributed by atoms with van der Waals surface area (Å²) in [4.78, 5) is 28.2. The molecule has 0 spiro atoms. The molecule has 3 heterocycles. The minimum atomic E-state index is -0.123. The highest BCUT2D eigenvalue weighted by atomic mass is 32.2. The van der Waals surface area contributed by atoms with Gasteiger partial charge in [0, 0.05) is 17.0 Å². The van der Waals surface area contributed by atoms with Crippen molar-refractivity contribution < 1.29 is 19.1 Å². The zero-order chi connectivity index (χ0) is 20.0. The number of nitrogens with zero attached hydrogens (tertiary/aromatic N) is 1. The Bertz CT molecular complexity index is 993. The minimum Gasteiger partial charge on any atom is -0.486 e. The number of hydrogen-bond acceptors (Lipinski definition) is 5. The molecule has 0 bridgehead atoms. The van der Waals surface area contributed by atoms with Crippen LogP contribution in [0.2, 0.25) is 0 Å². The van der Waals surface area contributed by atoms with Crippen LogP contribution in [0.3, 0.4) is 0 Å². The summed E-state index contributed by atoms with van der Waals surface area (Å²) < 4.78 is 11.3. The Morgan fingerprint density at radius 3 is 2.83 bits per heavy atom. The van der Waals surface area contributed by atoms with E-state index in [0.717, 1.165) is 40.5 Å². The van der Waals surface area contributed by atoms with E-state index < -0.39 is 0 Å². The first-order valence-corrected chi connectivity index (χ1v) is 10.8. The van der Waals surface area contributed by atoms with Gasteiger partial charge in [0.1, 0.15) is 13.2 Å². The molecule has 3 aliphatic rings. The third-order valence-corrected chi connectivity index (χ3v) is 6.80. The van der Waals surface area contributed by atoms with Crippen molar-refractivity contribution in [2.75, 3.05) is 25.1 Å². The largest absolute Gasteiger partial charge is 0.486 e. The monoisotopic (exact) mass is 410 g/mol. The number of carbonyl (C=O) groups excluding carboxylic acids is 2. The van der Waals surface area contributed by atoms with Crippen molar-refractivity contribution in [3.8, 4) is 11.5 Å². The zero-order valence-corrected chi connectivity index (χ0v) is 17.0. The maximum atomic E-state index is 13.3. The second kappa shape index (κ2) is 7.30. The van der Waals surface area contributed by atoms with E-state index in [-0.39, 0.29) is 23.1 Å². The lowest BCUT2D eigenvalue weighted by Crippen LogP contribution is -2.31. The van der Waals surface area contributed by atoms with Gasteiger partial charge in [-0.3, -0.25) is 9.59 Å². The number of ether oxygens (including phenoxy) is 2. The van der Waals surface area contributed by atoms with E-state index in [1.165, 1.54) is 11.8 Å². The number of thioether (sulfide) groups is 1. The molecule has 0 aliphatic carbocycles. The van der Waals surface area contributed by atoms with Gasteiger partial charge in [0.05, 0.1) is 17.0 Å². The van der Waals surface area contributed by atoms with Crippen LogP contribution in [0.4, 0.5) is 5.69 Å². The summed E-state index contributed by atoms with van der Waals surface area (Å²) in [6, 6.07) is 11.5. The van der Waals surface area contributed by atoms with Crippen molar-refractivity contribution in [1.29, 1.82) is 0 Å². The van der Waals surface area contributed by atoms with Crippen LogP contribution in [0.15, 0.2) is 41.3 Å². The molecule has 2 aromatic carbocycles. The highest BCUT2D eigenvalue weighted by molar-refractivity contribution is 8.00. The Labute approximate surface area is 173 Å².